The van der Waals surface area contributed by atoms with Crippen molar-refractivity contribution in [3.8, 4) is 0 Å². The van der Waals surface area contributed by atoms with Crippen molar-refractivity contribution < 1.29 is 14.4 Å². The van der Waals surface area contributed by atoms with Crippen LogP contribution in [0.25, 0.3) is 0 Å². The molecule has 4 amide bonds. The van der Waals surface area contributed by atoms with E-state index in [9.17, 15) is 14.4 Å². The normalized spacial score (nSPS) is 30.2. The van der Waals surface area contributed by atoms with E-state index in [0.29, 0.717) is 13.0 Å². The number of urea groups is 1. The van der Waals surface area contributed by atoms with Crippen molar-refractivity contribution in [3.05, 3.63) is 35.4 Å². The molecule has 1 aromatic carbocycles. The number of amides is 4. The number of carbonyl (C=O) groups is 3. The third kappa shape index (κ3) is 2.42. The Morgan fingerprint density at radius 2 is 1.96 bits per heavy atom. The maximum Gasteiger partial charge on any atom is 0.322 e. The number of likely N-dealkylation sites (tertiary alicyclic amines) is 1. The first-order valence-corrected chi connectivity index (χ1v) is 8.84. The second kappa shape index (κ2) is 5.31. The summed E-state index contributed by atoms with van der Waals surface area (Å²) in [7, 11) is 0. The van der Waals surface area contributed by atoms with Crippen LogP contribution < -0.4 is 10.6 Å². The predicted molar refractivity (Wildman–Crippen MR) is 92.0 cm³/mol. The summed E-state index contributed by atoms with van der Waals surface area (Å²) in [4.78, 5) is 38.5. The highest BCUT2D eigenvalue weighted by Gasteiger charge is 2.52. The molecule has 2 saturated heterocycles. The summed E-state index contributed by atoms with van der Waals surface area (Å²) in [6.07, 6.45) is 2.23. The van der Waals surface area contributed by atoms with Crippen LogP contribution in [0.5, 0.6) is 0 Å². The molecule has 2 fully saturated rings. The van der Waals surface area contributed by atoms with Gasteiger partial charge in [0.1, 0.15) is 5.54 Å². The van der Waals surface area contributed by atoms with E-state index in [4.69, 9.17) is 0 Å². The molecule has 1 spiro atoms. The van der Waals surface area contributed by atoms with E-state index >= 15 is 0 Å². The van der Waals surface area contributed by atoms with E-state index in [-0.39, 0.29) is 29.7 Å². The van der Waals surface area contributed by atoms with Crippen LogP contribution in [0.1, 0.15) is 50.2 Å². The molecule has 0 aromatic heterocycles. The van der Waals surface area contributed by atoms with Crippen LogP contribution in [0.4, 0.5) is 4.79 Å². The van der Waals surface area contributed by atoms with E-state index in [1.54, 1.807) is 4.90 Å². The van der Waals surface area contributed by atoms with Crippen LogP contribution in [0, 0.1) is 0 Å². The molecule has 2 N–H and O–H groups in total. The smallest absolute Gasteiger partial charge is 0.322 e. The molecule has 0 saturated carbocycles. The van der Waals surface area contributed by atoms with Gasteiger partial charge in [0.25, 0.3) is 5.91 Å². The molecule has 6 nitrogen and oxygen atoms in total. The van der Waals surface area contributed by atoms with Gasteiger partial charge in [-0.2, -0.15) is 0 Å². The summed E-state index contributed by atoms with van der Waals surface area (Å²) in [6, 6.07) is 7.71. The van der Waals surface area contributed by atoms with Crippen LogP contribution in [0.2, 0.25) is 0 Å². The van der Waals surface area contributed by atoms with Gasteiger partial charge in [-0.25, -0.2) is 4.79 Å². The number of nitrogens with one attached hydrogen (secondary N) is 2. The Morgan fingerprint density at radius 1 is 1.20 bits per heavy atom. The fraction of sp³-hybridized carbons (Fsp3) is 0.526. The summed E-state index contributed by atoms with van der Waals surface area (Å²) < 4.78 is 0. The minimum atomic E-state index is -0.944. The second-order valence-corrected chi connectivity index (χ2v) is 8.06. The summed E-state index contributed by atoms with van der Waals surface area (Å²) in [5.41, 5.74) is 1.46. The molecule has 6 heteroatoms. The second-order valence-electron chi connectivity index (χ2n) is 8.06. The molecule has 132 valence electrons. The minimum Gasteiger partial charge on any atom is -0.339 e. The first kappa shape index (κ1) is 16.1. The first-order valence-electron chi connectivity index (χ1n) is 8.84. The number of hydrogen-bond acceptors (Lipinski definition) is 3. The van der Waals surface area contributed by atoms with Crippen molar-refractivity contribution in [2.75, 3.05) is 13.1 Å². The Balaban J connectivity index is 1.59. The Bertz CT molecular complexity index is 773. The van der Waals surface area contributed by atoms with Gasteiger partial charge in [0.2, 0.25) is 5.91 Å². The number of benzene rings is 1. The van der Waals surface area contributed by atoms with Gasteiger partial charge in [0, 0.05) is 6.54 Å². The van der Waals surface area contributed by atoms with Crippen molar-refractivity contribution in [2.45, 2.75) is 50.0 Å². The number of nitrogens with zero attached hydrogens (tertiary/aromatic N) is 1. The monoisotopic (exact) mass is 341 g/mol. The van der Waals surface area contributed by atoms with Crippen molar-refractivity contribution >= 4 is 17.8 Å². The van der Waals surface area contributed by atoms with E-state index in [2.05, 4.69) is 36.6 Å². The van der Waals surface area contributed by atoms with E-state index in [0.717, 1.165) is 18.4 Å². The minimum absolute atomic E-state index is 0.0637. The first-order chi connectivity index (χ1) is 11.8. The van der Waals surface area contributed by atoms with Crippen LogP contribution in [-0.4, -0.2) is 41.4 Å². The summed E-state index contributed by atoms with van der Waals surface area (Å²) in [5, 5.41) is 4.99. The highest BCUT2D eigenvalue weighted by molar-refractivity contribution is 6.07. The van der Waals surface area contributed by atoms with Crippen LogP contribution in [0.15, 0.2) is 24.3 Å². The van der Waals surface area contributed by atoms with Gasteiger partial charge in [-0.1, -0.05) is 38.1 Å². The summed E-state index contributed by atoms with van der Waals surface area (Å²) in [6.45, 7) is 5.19. The third-order valence-corrected chi connectivity index (χ3v) is 6.02. The molecule has 1 aromatic rings. The molecular weight excluding hydrogens is 318 g/mol. The number of carbonyl (C=O) groups excluding carboxylic acids is 3. The lowest BCUT2D eigenvalue weighted by Crippen LogP contribution is -2.50. The highest BCUT2D eigenvalue weighted by atomic mass is 16.2. The number of fused-ring (bicyclic) bond motifs is 1. The average Bonchev–Trinajstić information content (AvgIpc) is 3.11. The lowest BCUT2D eigenvalue weighted by Gasteiger charge is -2.37. The zero-order valence-corrected chi connectivity index (χ0v) is 14.6. The summed E-state index contributed by atoms with van der Waals surface area (Å²) in [5.74, 6) is -0.425. The van der Waals surface area contributed by atoms with Gasteiger partial charge in [-0.05, 0) is 35.8 Å². The molecule has 25 heavy (non-hydrogen) atoms. The molecule has 4 rings (SSSR count). The van der Waals surface area contributed by atoms with Crippen LogP contribution >= 0.6 is 0 Å². The lowest BCUT2D eigenvalue weighted by molar-refractivity contribution is -0.132. The average molecular weight is 341 g/mol. The van der Waals surface area contributed by atoms with E-state index in [1.165, 1.54) is 5.56 Å². The maximum atomic E-state index is 13.2. The fourth-order valence-corrected chi connectivity index (χ4v) is 4.50. The predicted octanol–water partition coefficient (Wildman–Crippen LogP) is 1.65. The molecule has 2 atom stereocenters. The standard InChI is InChI=1S/C19H23N3O3/c1-18(2)8-7-13(12-5-3-4-6-14(12)18)15(23)22-10-9-19(11-22)16(24)20-17(25)21-19/h3-6,13H,7-11H2,1-2H3,(H2,20,21,24,25). The molecule has 1 aliphatic carbocycles. The maximum absolute atomic E-state index is 13.2. The van der Waals surface area contributed by atoms with Gasteiger partial charge in [-0.15, -0.1) is 0 Å². The van der Waals surface area contributed by atoms with Crippen LogP contribution in [-0.2, 0) is 15.0 Å². The van der Waals surface area contributed by atoms with Gasteiger partial charge in [0.15, 0.2) is 0 Å². The van der Waals surface area contributed by atoms with Crippen molar-refractivity contribution in [1.29, 1.82) is 0 Å². The quantitative estimate of drug-likeness (QED) is 0.763. The third-order valence-electron chi connectivity index (χ3n) is 6.02. The molecule has 2 aliphatic heterocycles. The van der Waals surface area contributed by atoms with Gasteiger partial charge in [0.05, 0.1) is 12.5 Å². The zero-order chi connectivity index (χ0) is 17.8. The lowest BCUT2D eigenvalue weighted by atomic mass is 9.68. The Labute approximate surface area is 147 Å². The Morgan fingerprint density at radius 3 is 2.68 bits per heavy atom. The fourth-order valence-electron chi connectivity index (χ4n) is 4.50. The van der Waals surface area contributed by atoms with Gasteiger partial charge in [-0.3, -0.25) is 14.9 Å². The van der Waals surface area contributed by atoms with Crippen molar-refractivity contribution in [1.82, 2.24) is 15.5 Å². The van der Waals surface area contributed by atoms with Crippen LogP contribution in [0.3, 0.4) is 0 Å². The zero-order valence-electron chi connectivity index (χ0n) is 14.6. The Kier molecular flexibility index (Phi) is 3.42. The number of hydrogen-bond donors (Lipinski definition) is 2. The largest absolute Gasteiger partial charge is 0.339 e. The van der Waals surface area contributed by atoms with Gasteiger partial charge < -0.3 is 10.2 Å². The number of rotatable bonds is 1. The van der Waals surface area contributed by atoms with Gasteiger partial charge >= 0.3 is 6.03 Å². The molecule has 0 radical (unpaired) electrons. The van der Waals surface area contributed by atoms with Crippen molar-refractivity contribution in [3.63, 3.8) is 0 Å². The molecule has 2 unspecified atom stereocenters. The van der Waals surface area contributed by atoms with E-state index in [1.807, 2.05) is 12.1 Å². The van der Waals surface area contributed by atoms with Crippen molar-refractivity contribution in [2.24, 2.45) is 0 Å². The highest BCUT2D eigenvalue weighted by Crippen LogP contribution is 2.43. The molecule has 0 bridgehead atoms. The number of imide groups is 1. The summed E-state index contributed by atoms with van der Waals surface area (Å²) >= 11 is 0. The SMILES string of the molecule is CC1(C)CCC(C(=O)N2CCC3(C2)NC(=O)NC3=O)c2ccccc21. The molecule has 2 heterocycles. The van der Waals surface area contributed by atoms with E-state index < -0.39 is 11.6 Å². The Hall–Kier alpha value is -2.37. The topological polar surface area (TPSA) is 78.5 Å². The molecular formula is C19H23N3O3. The molecule has 3 aliphatic rings.